The number of pyridine rings is 1. The molecule has 0 radical (unpaired) electrons. The summed E-state index contributed by atoms with van der Waals surface area (Å²) in [6.45, 7) is 0.944. The molecule has 1 aromatic carbocycles. The van der Waals surface area contributed by atoms with E-state index < -0.39 is 28.0 Å². The molecule has 0 aliphatic carbocycles. The fraction of sp³-hybridized carbons (Fsp3) is 0.200. The van der Waals surface area contributed by atoms with E-state index in [9.17, 15) is 22.8 Å². The molecule has 0 atom stereocenters. The highest BCUT2D eigenvalue weighted by Crippen LogP contribution is 2.20. The minimum atomic E-state index is -4.00. The number of halogens is 2. The summed E-state index contributed by atoms with van der Waals surface area (Å²) in [4.78, 5) is 36.4. The highest BCUT2D eigenvalue weighted by Gasteiger charge is 2.19. The predicted molar refractivity (Wildman–Crippen MR) is 124 cm³/mol. The number of hydrogen-bond donors (Lipinski definition) is 2. The molecule has 13 heteroatoms. The third-order valence-corrected chi connectivity index (χ3v) is 6.94. The lowest BCUT2D eigenvalue weighted by Gasteiger charge is -2.12. The number of nitrogens with zero attached hydrogens (tertiary/aromatic N) is 3. The maximum Gasteiger partial charge on any atom is 0.287 e. The van der Waals surface area contributed by atoms with Crippen LogP contribution in [0, 0.1) is 6.92 Å². The van der Waals surface area contributed by atoms with Crippen molar-refractivity contribution in [2.45, 2.75) is 24.9 Å². The molecule has 174 valence electrons. The molecule has 0 spiro atoms. The maximum atomic E-state index is 12.9. The Morgan fingerprint density at radius 1 is 1.15 bits per heavy atom. The van der Waals surface area contributed by atoms with Crippen LogP contribution >= 0.6 is 23.2 Å². The quantitative estimate of drug-likeness (QED) is 0.495. The van der Waals surface area contributed by atoms with Crippen LogP contribution < -0.4 is 21.2 Å². The summed E-state index contributed by atoms with van der Waals surface area (Å²) in [6, 6.07) is 7.50. The standard InChI is InChI=1S/C20H19Cl2N5O5S/c1-12-5-6-14(25-17(28)11-27-20(30)18(22)15(21)10-23-27)8-16(12)33(31,32)24-9-13-4-3-7-26(2)19(13)29/h3-8,10,24H,9,11H2,1-2H3,(H,25,28). The van der Waals surface area contributed by atoms with Gasteiger partial charge in [0.25, 0.3) is 11.1 Å². The number of aromatic nitrogens is 3. The second-order valence-electron chi connectivity index (χ2n) is 7.07. The van der Waals surface area contributed by atoms with Gasteiger partial charge in [-0.15, -0.1) is 0 Å². The summed E-state index contributed by atoms with van der Waals surface area (Å²) < 4.78 is 30.3. The summed E-state index contributed by atoms with van der Waals surface area (Å²) in [5.41, 5.74) is -0.143. The van der Waals surface area contributed by atoms with Crippen molar-refractivity contribution in [3.05, 3.63) is 84.6 Å². The van der Waals surface area contributed by atoms with Gasteiger partial charge in [0.05, 0.1) is 16.1 Å². The van der Waals surface area contributed by atoms with Gasteiger partial charge < -0.3 is 9.88 Å². The first-order chi connectivity index (χ1) is 15.5. The number of nitrogens with one attached hydrogen (secondary N) is 2. The third kappa shape index (κ3) is 5.69. The van der Waals surface area contributed by atoms with Crippen molar-refractivity contribution in [3.8, 4) is 0 Å². The van der Waals surface area contributed by atoms with E-state index in [0.29, 0.717) is 5.56 Å². The molecular weight excluding hydrogens is 493 g/mol. The highest BCUT2D eigenvalue weighted by molar-refractivity contribution is 7.89. The molecule has 2 aromatic heterocycles. The molecule has 2 heterocycles. The average molecular weight is 512 g/mol. The fourth-order valence-electron chi connectivity index (χ4n) is 2.90. The normalized spacial score (nSPS) is 11.4. The number of hydrogen-bond acceptors (Lipinski definition) is 6. The van der Waals surface area contributed by atoms with Crippen LogP contribution in [0.4, 0.5) is 5.69 Å². The zero-order valence-corrected chi connectivity index (χ0v) is 19.8. The number of carbonyl (C=O) groups is 1. The second-order valence-corrected chi connectivity index (χ2v) is 9.59. The number of amides is 1. The van der Waals surface area contributed by atoms with Gasteiger partial charge in [-0.1, -0.05) is 35.3 Å². The van der Waals surface area contributed by atoms with E-state index in [0.717, 1.165) is 10.9 Å². The third-order valence-electron chi connectivity index (χ3n) is 4.65. The summed E-state index contributed by atoms with van der Waals surface area (Å²) in [5, 5.41) is 5.98. The monoisotopic (exact) mass is 511 g/mol. The molecule has 2 N–H and O–H groups in total. The molecule has 3 rings (SSSR count). The minimum absolute atomic E-state index is 0.0347. The maximum absolute atomic E-state index is 12.9. The molecule has 0 saturated heterocycles. The van der Waals surface area contributed by atoms with Crippen LogP contribution in [0.5, 0.6) is 0 Å². The fourth-order valence-corrected chi connectivity index (χ4v) is 4.45. The molecule has 0 saturated carbocycles. The molecule has 0 fully saturated rings. The Labute approximate surface area is 198 Å². The van der Waals surface area contributed by atoms with Crippen LogP contribution in [0.2, 0.25) is 10.0 Å². The smallest absolute Gasteiger partial charge is 0.287 e. The Bertz CT molecular complexity index is 1450. The van der Waals surface area contributed by atoms with Crippen LogP contribution in [0.1, 0.15) is 11.1 Å². The van der Waals surface area contributed by atoms with Gasteiger partial charge in [0.1, 0.15) is 11.6 Å². The number of aryl methyl sites for hydroxylation is 2. The Kier molecular flexibility index (Phi) is 7.38. The van der Waals surface area contributed by atoms with Crippen molar-refractivity contribution in [2.75, 3.05) is 5.32 Å². The van der Waals surface area contributed by atoms with Crippen LogP contribution in [0.15, 0.2) is 57.2 Å². The number of sulfonamides is 1. The molecular formula is C20H19Cl2N5O5S. The van der Waals surface area contributed by atoms with E-state index in [-0.39, 0.29) is 38.3 Å². The van der Waals surface area contributed by atoms with Gasteiger partial charge >= 0.3 is 0 Å². The Balaban J connectivity index is 1.77. The summed E-state index contributed by atoms with van der Waals surface area (Å²) in [5.74, 6) is -0.629. The van der Waals surface area contributed by atoms with E-state index in [1.165, 1.54) is 28.8 Å². The molecule has 0 aliphatic heterocycles. The highest BCUT2D eigenvalue weighted by atomic mass is 35.5. The first-order valence-corrected chi connectivity index (χ1v) is 11.7. The molecule has 1 amide bonds. The molecule has 3 aromatic rings. The largest absolute Gasteiger partial charge is 0.324 e. The Morgan fingerprint density at radius 3 is 2.61 bits per heavy atom. The topological polar surface area (TPSA) is 132 Å². The van der Waals surface area contributed by atoms with Gasteiger partial charge in [0, 0.05) is 31.0 Å². The lowest BCUT2D eigenvalue weighted by Crippen LogP contribution is -2.30. The van der Waals surface area contributed by atoms with Crippen molar-refractivity contribution < 1.29 is 13.2 Å². The van der Waals surface area contributed by atoms with E-state index in [1.807, 2.05) is 0 Å². The van der Waals surface area contributed by atoms with Gasteiger partial charge in [-0.25, -0.2) is 17.8 Å². The van der Waals surface area contributed by atoms with Crippen molar-refractivity contribution in [1.29, 1.82) is 0 Å². The molecule has 0 aliphatic rings. The van der Waals surface area contributed by atoms with Crippen LogP contribution in [-0.2, 0) is 35.0 Å². The zero-order chi connectivity index (χ0) is 24.3. The Morgan fingerprint density at radius 2 is 1.88 bits per heavy atom. The van der Waals surface area contributed by atoms with Gasteiger partial charge in [0.15, 0.2) is 0 Å². The first-order valence-electron chi connectivity index (χ1n) is 9.45. The molecule has 33 heavy (non-hydrogen) atoms. The first kappa shape index (κ1) is 24.6. The number of benzene rings is 1. The van der Waals surface area contributed by atoms with Gasteiger partial charge in [-0.2, -0.15) is 5.10 Å². The van der Waals surface area contributed by atoms with Gasteiger partial charge in [0.2, 0.25) is 15.9 Å². The van der Waals surface area contributed by atoms with Crippen LogP contribution in [0.25, 0.3) is 0 Å². The average Bonchev–Trinajstić information content (AvgIpc) is 2.76. The Hall–Kier alpha value is -2.99. The van der Waals surface area contributed by atoms with Crippen LogP contribution in [0.3, 0.4) is 0 Å². The van der Waals surface area contributed by atoms with Crippen molar-refractivity contribution >= 4 is 44.8 Å². The summed E-state index contributed by atoms with van der Waals surface area (Å²) in [6.07, 6.45) is 2.71. The molecule has 0 bridgehead atoms. The van der Waals surface area contributed by atoms with Crippen molar-refractivity contribution in [2.24, 2.45) is 7.05 Å². The lowest BCUT2D eigenvalue weighted by molar-refractivity contribution is -0.117. The number of rotatable bonds is 7. The van der Waals surface area contributed by atoms with Crippen LogP contribution in [-0.4, -0.2) is 28.7 Å². The zero-order valence-electron chi connectivity index (χ0n) is 17.5. The molecule has 0 unspecified atom stereocenters. The summed E-state index contributed by atoms with van der Waals surface area (Å²) >= 11 is 11.5. The number of carbonyl (C=O) groups excluding carboxylic acids is 1. The van der Waals surface area contributed by atoms with Gasteiger partial charge in [-0.05, 0) is 30.7 Å². The van der Waals surface area contributed by atoms with Crippen molar-refractivity contribution in [3.63, 3.8) is 0 Å². The van der Waals surface area contributed by atoms with E-state index in [2.05, 4.69) is 15.1 Å². The van der Waals surface area contributed by atoms with E-state index >= 15 is 0 Å². The number of anilines is 1. The van der Waals surface area contributed by atoms with Crippen molar-refractivity contribution in [1.82, 2.24) is 19.1 Å². The SMILES string of the molecule is Cc1ccc(NC(=O)Cn2ncc(Cl)c(Cl)c2=O)cc1S(=O)(=O)NCc1cccn(C)c1=O. The molecule has 10 nitrogen and oxygen atoms in total. The second kappa shape index (κ2) is 9.87. The van der Waals surface area contributed by atoms with E-state index in [4.69, 9.17) is 23.2 Å². The minimum Gasteiger partial charge on any atom is -0.324 e. The predicted octanol–water partition coefficient (Wildman–Crippen LogP) is 1.67. The summed E-state index contributed by atoms with van der Waals surface area (Å²) in [7, 11) is -2.43. The van der Waals surface area contributed by atoms with Gasteiger partial charge in [-0.3, -0.25) is 14.4 Å². The van der Waals surface area contributed by atoms with E-state index in [1.54, 1.807) is 26.2 Å². The lowest BCUT2D eigenvalue weighted by atomic mass is 10.2.